The summed E-state index contributed by atoms with van der Waals surface area (Å²) in [6.07, 6.45) is 3.84. The van der Waals surface area contributed by atoms with Gasteiger partial charge in [0.2, 0.25) is 0 Å². The fourth-order valence-electron chi connectivity index (χ4n) is 2.48. The van der Waals surface area contributed by atoms with Gasteiger partial charge in [0, 0.05) is 32.4 Å². The van der Waals surface area contributed by atoms with Gasteiger partial charge in [-0.3, -0.25) is 9.88 Å². The van der Waals surface area contributed by atoms with Gasteiger partial charge < -0.3 is 9.84 Å². The second-order valence-electron chi connectivity index (χ2n) is 5.04. The van der Waals surface area contributed by atoms with Crippen LogP contribution in [-0.2, 0) is 11.3 Å². The molecule has 0 saturated carbocycles. The molecule has 1 fully saturated rings. The van der Waals surface area contributed by atoms with E-state index in [1.807, 2.05) is 0 Å². The van der Waals surface area contributed by atoms with Crippen LogP contribution in [0.4, 0.5) is 0 Å². The standard InChI is InChI=1S/C14H20N2O3/c1-10-7-13(19-2)5-6-16(10)9-12-4-3-11(8-15-12)14(17)18/h3-4,8,10,13H,5-7,9H2,1-2H3,(H,17,18). The highest BCUT2D eigenvalue weighted by atomic mass is 16.5. The number of nitrogens with zero attached hydrogens (tertiary/aromatic N) is 2. The number of rotatable bonds is 4. The van der Waals surface area contributed by atoms with Crippen LogP contribution in [0.2, 0.25) is 0 Å². The van der Waals surface area contributed by atoms with E-state index in [2.05, 4.69) is 16.8 Å². The minimum absolute atomic E-state index is 0.231. The van der Waals surface area contributed by atoms with E-state index in [1.165, 1.54) is 6.20 Å². The molecule has 19 heavy (non-hydrogen) atoms. The first kappa shape index (κ1) is 14.0. The Morgan fingerprint density at radius 2 is 2.37 bits per heavy atom. The van der Waals surface area contributed by atoms with Gasteiger partial charge in [0.05, 0.1) is 17.4 Å². The van der Waals surface area contributed by atoms with Crippen LogP contribution in [0.5, 0.6) is 0 Å². The molecule has 2 rings (SSSR count). The molecule has 0 aliphatic carbocycles. The highest BCUT2D eigenvalue weighted by Gasteiger charge is 2.25. The van der Waals surface area contributed by atoms with Gasteiger partial charge in [-0.1, -0.05) is 0 Å². The van der Waals surface area contributed by atoms with E-state index in [1.54, 1.807) is 19.2 Å². The molecule has 104 valence electrons. The Morgan fingerprint density at radius 1 is 1.58 bits per heavy atom. The lowest BCUT2D eigenvalue weighted by Gasteiger charge is -2.36. The molecule has 1 aliphatic rings. The fraction of sp³-hybridized carbons (Fsp3) is 0.571. The molecule has 5 heteroatoms. The van der Waals surface area contributed by atoms with Crippen molar-refractivity contribution in [1.29, 1.82) is 0 Å². The van der Waals surface area contributed by atoms with Crippen molar-refractivity contribution in [1.82, 2.24) is 9.88 Å². The summed E-state index contributed by atoms with van der Waals surface area (Å²) in [6, 6.07) is 3.86. The number of carbonyl (C=O) groups is 1. The first-order valence-corrected chi connectivity index (χ1v) is 6.55. The number of pyridine rings is 1. The Hall–Kier alpha value is -1.46. The number of aromatic nitrogens is 1. The van der Waals surface area contributed by atoms with Gasteiger partial charge in [0.1, 0.15) is 0 Å². The van der Waals surface area contributed by atoms with Crippen LogP contribution in [0.25, 0.3) is 0 Å². The van der Waals surface area contributed by atoms with Crippen molar-refractivity contribution in [3.05, 3.63) is 29.6 Å². The number of piperidine rings is 1. The summed E-state index contributed by atoms with van der Waals surface area (Å²) in [6.45, 7) is 3.94. The van der Waals surface area contributed by atoms with E-state index in [9.17, 15) is 4.79 Å². The lowest BCUT2D eigenvalue weighted by atomic mass is 10.0. The predicted octanol–water partition coefficient (Wildman–Crippen LogP) is 1.78. The molecule has 0 spiro atoms. The van der Waals surface area contributed by atoms with E-state index < -0.39 is 5.97 Å². The van der Waals surface area contributed by atoms with Crippen LogP contribution in [0.15, 0.2) is 18.3 Å². The summed E-state index contributed by atoms with van der Waals surface area (Å²) in [5.41, 5.74) is 1.14. The molecule has 0 amide bonds. The second-order valence-corrected chi connectivity index (χ2v) is 5.04. The molecule has 2 heterocycles. The molecule has 1 aliphatic heterocycles. The summed E-state index contributed by atoms with van der Waals surface area (Å²) in [7, 11) is 1.76. The molecule has 2 unspecified atom stereocenters. The molecule has 0 aromatic carbocycles. The number of carboxylic acid groups (broad SMARTS) is 1. The molecule has 1 aromatic rings. The Morgan fingerprint density at radius 3 is 2.89 bits per heavy atom. The molecule has 0 bridgehead atoms. The van der Waals surface area contributed by atoms with E-state index in [4.69, 9.17) is 9.84 Å². The van der Waals surface area contributed by atoms with E-state index in [-0.39, 0.29) is 5.56 Å². The normalized spacial score (nSPS) is 24.3. The molecule has 2 atom stereocenters. The number of aromatic carboxylic acids is 1. The predicted molar refractivity (Wildman–Crippen MR) is 71.1 cm³/mol. The summed E-state index contributed by atoms with van der Waals surface area (Å²) in [5.74, 6) is -0.937. The van der Waals surface area contributed by atoms with Gasteiger partial charge in [-0.25, -0.2) is 4.79 Å². The van der Waals surface area contributed by atoms with Gasteiger partial charge in [0.25, 0.3) is 0 Å². The molecule has 0 radical (unpaired) electrons. The zero-order valence-corrected chi connectivity index (χ0v) is 11.4. The van der Waals surface area contributed by atoms with Crippen molar-refractivity contribution in [2.45, 2.75) is 38.5 Å². The monoisotopic (exact) mass is 264 g/mol. The van der Waals surface area contributed by atoms with Gasteiger partial charge in [-0.15, -0.1) is 0 Å². The Labute approximate surface area is 113 Å². The third-order valence-electron chi connectivity index (χ3n) is 3.74. The highest BCUT2D eigenvalue weighted by Crippen LogP contribution is 2.20. The number of hydrogen-bond donors (Lipinski definition) is 1. The van der Waals surface area contributed by atoms with Crippen LogP contribution in [0, 0.1) is 0 Å². The summed E-state index contributed by atoms with van der Waals surface area (Å²) >= 11 is 0. The maximum atomic E-state index is 10.8. The zero-order valence-electron chi connectivity index (χ0n) is 11.4. The maximum Gasteiger partial charge on any atom is 0.337 e. The van der Waals surface area contributed by atoms with Gasteiger partial charge >= 0.3 is 5.97 Å². The van der Waals surface area contributed by atoms with Gasteiger partial charge in [-0.2, -0.15) is 0 Å². The number of hydrogen-bond acceptors (Lipinski definition) is 4. The van der Waals surface area contributed by atoms with Crippen LogP contribution in [0.1, 0.15) is 35.8 Å². The third kappa shape index (κ3) is 3.52. The smallest absolute Gasteiger partial charge is 0.337 e. The molecule has 1 N–H and O–H groups in total. The van der Waals surface area contributed by atoms with Crippen molar-refractivity contribution < 1.29 is 14.6 Å². The Bertz CT molecular complexity index is 433. The average molecular weight is 264 g/mol. The van der Waals surface area contributed by atoms with Crippen LogP contribution < -0.4 is 0 Å². The second kappa shape index (κ2) is 6.12. The van der Waals surface area contributed by atoms with Crippen LogP contribution >= 0.6 is 0 Å². The Balaban J connectivity index is 1.95. The number of methoxy groups -OCH3 is 1. The lowest BCUT2D eigenvalue weighted by molar-refractivity contribution is 0.0125. The molecule has 5 nitrogen and oxygen atoms in total. The zero-order chi connectivity index (χ0) is 13.8. The summed E-state index contributed by atoms with van der Waals surface area (Å²) < 4.78 is 5.39. The van der Waals surface area contributed by atoms with Crippen molar-refractivity contribution in [2.75, 3.05) is 13.7 Å². The number of likely N-dealkylation sites (tertiary alicyclic amines) is 1. The highest BCUT2D eigenvalue weighted by molar-refractivity contribution is 5.87. The first-order chi connectivity index (χ1) is 9.10. The molecular formula is C14H20N2O3. The summed E-state index contributed by atoms with van der Waals surface area (Å²) in [4.78, 5) is 17.3. The molecule has 1 aromatic heterocycles. The maximum absolute atomic E-state index is 10.8. The minimum Gasteiger partial charge on any atom is -0.478 e. The van der Waals surface area contributed by atoms with Crippen LogP contribution in [-0.4, -0.2) is 46.8 Å². The van der Waals surface area contributed by atoms with Crippen molar-refractivity contribution in [2.24, 2.45) is 0 Å². The minimum atomic E-state index is -0.937. The average Bonchev–Trinajstić information content (AvgIpc) is 2.41. The quantitative estimate of drug-likeness (QED) is 0.898. The van der Waals surface area contributed by atoms with E-state index >= 15 is 0 Å². The lowest BCUT2D eigenvalue weighted by Crippen LogP contribution is -2.42. The fourth-order valence-corrected chi connectivity index (χ4v) is 2.48. The van der Waals surface area contributed by atoms with Crippen molar-refractivity contribution in [3.8, 4) is 0 Å². The largest absolute Gasteiger partial charge is 0.478 e. The Kier molecular flexibility index (Phi) is 4.50. The molecule has 1 saturated heterocycles. The molecular weight excluding hydrogens is 244 g/mol. The van der Waals surface area contributed by atoms with E-state index in [0.717, 1.165) is 31.6 Å². The third-order valence-corrected chi connectivity index (χ3v) is 3.74. The number of ether oxygens (including phenoxy) is 1. The van der Waals surface area contributed by atoms with Crippen molar-refractivity contribution >= 4 is 5.97 Å². The summed E-state index contributed by atoms with van der Waals surface area (Å²) in [5, 5.41) is 8.83. The topological polar surface area (TPSA) is 62.7 Å². The van der Waals surface area contributed by atoms with E-state index in [0.29, 0.717) is 12.1 Å². The number of carboxylic acids is 1. The van der Waals surface area contributed by atoms with Crippen LogP contribution in [0.3, 0.4) is 0 Å². The first-order valence-electron chi connectivity index (χ1n) is 6.55. The van der Waals surface area contributed by atoms with Gasteiger partial charge in [0.15, 0.2) is 0 Å². The SMILES string of the molecule is COC1CCN(Cc2ccc(C(=O)O)cn2)C(C)C1. The van der Waals surface area contributed by atoms with Crippen molar-refractivity contribution in [3.63, 3.8) is 0 Å². The van der Waals surface area contributed by atoms with Gasteiger partial charge in [-0.05, 0) is 31.9 Å².